The molecule has 0 bridgehead atoms. The molecule has 2 saturated heterocycles. The summed E-state index contributed by atoms with van der Waals surface area (Å²) in [7, 11) is 0. The van der Waals surface area contributed by atoms with Crippen LogP contribution in [0.2, 0.25) is 0 Å². The predicted octanol–water partition coefficient (Wildman–Crippen LogP) is 1.62. The van der Waals surface area contributed by atoms with Crippen molar-refractivity contribution in [1.82, 2.24) is 47.9 Å². The smallest absolute Gasteiger partial charge is 0.326 e. The molecule has 8 amide bonds. The molecular weight excluding hydrogens is 1090 g/mol. The number of aliphatic carboxylic acids is 2. The van der Waals surface area contributed by atoms with Crippen LogP contribution in [0.15, 0.2) is 54.6 Å². The number of carbonyl (C=O) groups is 11. The normalized spacial score (nSPS) is 20.1. The zero-order valence-corrected chi connectivity index (χ0v) is 49.5. The average molecular weight is 1180 g/mol. The van der Waals surface area contributed by atoms with Crippen molar-refractivity contribution < 1.29 is 73.2 Å². The Morgan fingerprint density at radius 1 is 0.639 bits per heavy atom. The number of urea groups is 1. The molecule has 0 saturated carbocycles. The number of nitrogens with one attached hydrogen (secondary N) is 9. The lowest BCUT2D eigenvalue weighted by molar-refractivity contribution is -0.143. The summed E-state index contributed by atoms with van der Waals surface area (Å²) in [6.45, 7) is 13.3. The number of unbranched alkanes of at least 4 members (excludes halogenated alkanes) is 2. The van der Waals surface area contributed by atoms with E-state index in [2.05, 4.69) is 54.8 Å². The molecule has 0 unspecified atom stereocenters. The van der Waals surface area contributed by atoms with E-state index in [-0.39, 0.29) is 71.6 Å². The van der Waals surface area contributed by atoms with Gasteiger partial charge in [0.05, 0.1) is 29.8 Å². The molecule has 0 aliphatic carbocycles. The first kappa shape index (κ1) is 68.5. The average Bonchev–Trinajstić information content (AvgIpc) is 1.84. The van der Waals surface area contributed by atoms with Gasteiger partial charge >= 0.3 is 18.0 Å². The summed E-state index contributed by atoms with van der Waals surface area (Å²) < 4.78 is 0. The summed E-state index contributed by atoms with van der Waals surface area (Å²) in [6, 6.07) is 5.13. The Morgan fingerprint density at radius 3 is 1.81 bits per heavy atom. The van der Waals surface area contributed by atoms with Gasteiger partial charge in [0.25, 0.3) is 0 Å². The van der Waals surface area contributed by atoms with Crippen molar-refractivity contribution in [2.45, 2.75) is 191 Å². The van der Waals surface area contributed by atoms with Crippen molar-refractivity contribution in [2.75, 3.05) is 18.8 Å². The fourth-order valence-electron chi connectivity index (χ4n) is 9.84. The number of fused-ring (bicyclic) bond motifs is 1. The van der Waals surface area contributed by atoms with E-state index in [0.717, 1.165) is 18.6 Å². The van der Waals surface area contributed by atoms with Crippen molar-refractivity contribution in [3.63, 3.8) is 0 Å². The highest BCUT2D eigenvalue weighted by atomic mass is 32.2. The van der Waals surface area contributed by atoms with Crippen LogP contribution in [-0.2, 0) is 49.6 Å². The Balaban J connectivity index is 1.37. The SMILES string of the molecule is CC(C)C[C@H](NC(=O)[C@H](CCC(=O)O)NC(=O)[C@H](Cc1ccc(C(=O)c2ccccc2)cc1)NC(=O)[C@@H](NC(=O)[C@@H](NC(=O)[C@@H](NCC(=O)CCCCNC(=O)CCCC[C@@H]1SC[C@]2(C)NC(=O)N[C@]12C)[C@@H](C)O)C(C)C)[C@@H](C)O)C(=O)O. The van der Waals surface area contributed by atoms with Crippen molar-refractivity contribution in [1.29, 1.82) is 0 Å². The van der Waals surface area contributed by atoms with Crippen LogP contribution in [0.3, 0.4) is 0 Å². The van der Waals surface area contributed by atoms with Crippen LogP contribution in [0.5, 0.6) is 0 Å². The van der Waals surface area contributed by atoms with Gasteiger partial charge in [0.2, 0.25) is 35.4 Å². The lowest BCUT2D eigenvalue weighted by Gasteiger charge is -2.35. The second-order valence-corrected chi connectivity index (χ2v) is 23.9. The van der Waals surface area contributed by atoms with E-state index in [1.165, 1.54) is 38.1 Å². The first-order valence-corrected chi connectivity index (χ1v) is 29.4. The lowest BCUT2D eigenvalue weighted by atomic mass is 9.79. The third-order valence-corrected chi connectivity index (χ3v) is 16.8. The van der Waals surface area contributed by atoms with Crippen molar-refractivity contribution in [3.8, 4) is 0 Å². The molecule has 24 nitrogen and oxygen atoms in total. The molecule has 2 aliphatic heterocycles. The van der Waals surface area contributed by atoms with Crippen LogP contribution in [0.25, 0.3) is 0 Å². The Labute approximate surface area is 488 Å². The van der Waals surface area contributed by atoms with Gasteiger partial charge in [-0.1, -0.05) is 88.7 Å². The van der Waals surface area contributed by atoms with Gasteiger partial charge in [-0.05, 0) is 83.6 Å². The van der Waals surface area contributed by atoms with E-state index in [0.29, 0.717) is 48.9 Å². The van der Waals surface area contributed by atoms with Crippen LogP contribution >= 0.6 is 11.8 Å². The minimum Gasteiger partial charge on any atom is -0.481 e. The Morgan fingerprint density at radius 2 is 1.20 bits per heavy atom. The van der Waals surface area contributed by atoms with Crippen LogP contribution in [0.4, 0.5) is 4.79 Å². The Kier molecular flexibility index (Phi) is 26.6. The number of hydrogen-bond acceptors (Lipinski definition) is 15. The van der Waals surface area contributed by atoms with E-state index in [1.54, 1.807) is 58.0 Å². The van der Waals surface area contributed by atoms with Gasteiger partial charge in [0.1, 0.15) is 42.0 Å². The maximum Gasteiger partial charge on any atom is 0.326 e. The number of hydrogen-bond donors (Lipinski definition) is 13. The standard InChI is InChI=1S/C58H85N9O15S/c1-32(2)28-42(55(80)81)63-50(75)40(25-26-45(72)73)61-51(76)41(29-36-21-23-38(24-22-36)49(74)37-16-10-9-11-17-37)62-54(79)48(35(6)69)65-52(77)46(33(3)4)64-53(78)47(34(5)68)60-30-39(70)18-14-15-27-59-44(71)20-13-12-19-43-58(8)57(7,31-83-43)66-56(82)67-58/h9-11,16-17,21-24,32-35,40-43,46-48,60,68-69H,12-15,18-20,25-31H2,1-8H3,(H,59,71)(H,61,76)(H,62,79)(H,63,75)(H,64,78)(H,65,77)(H,72,73)(H,80,81)(H2,66,67,82)/t34-,35-,40+,41+,42+,43+,46+,47+,48+,57+,58-/m1/s1. The van der Waals surface area contributed by atoms with E-state index < -0.39 is 109 Å². The number of carboxylic acid groups (broad SMARTS) is 2. The molecule has 4 rings (SSSR count). The molecule has 13 N–H and O–H groups in total. The van der Waals surface area contributed by atoms with Gasteiger partial charge in [-0.15, -0.1) is 0 Å². The number of carboxylic acids is 2. The second-order valence-electron chi connectivity index (χ2n) is 22.7. The summed E-state index contributed by atoms with van der Waals surface area (Å²) in [6.07, 6.45) is -0.642. The zero-order valence-electron chi connectivity index (χ0n) is 48.6. The van der Waals surface area contributed by atoms with Gasteiger partial charge in [-0.25, -0.2) is 9.59 Å². The number of thioether (sulfide) groups is 1. The second kappa shape index (κ2) is 32.2. The zero-order chi connectivity index (χ0) is 61.8. The first-order chi connectivity index (χ1) is 39.0. The number of aliphatic hydroxyl groups excluding tert-OH is 2. The van der Waals surface area contributed by atoms with E-state index >= 15 is 0 Å². The van der Waals surface area contributed by atoms with Crippen LogP contribution in [0.1, 0.15) is 141 Å². The third-order valence-electron chi connectivity index (χ3n) is 15.0. The molecular formula is C58H85N9O15S. The van der Waals surface area contributed by atoms with Crippen LogP contribution in [0, 0.1) is 11.8 Å². The van der Waals surface area contributed by atoms with Crippen LogP contribution < -0.4 is 47.9 Å². The van der Waals surface area contributed by atoms with Crippen LogP contribution in [-0.4, -0.2) is 169 Å². The van der Waals surface area contributed by atoms with E-state index in [9.17, 15) is 73.2 Å². The lowest BCUT2D eigenvalue weighted by Crippen LogP contribution is -2.63. The van der Waals surface area contributed by atoms with Gasteiger partial charge in [0, 0.05) is 54.4 Å². The highest BCUT2D eigenvalue weighted by Gasteiger charge is 2.60. The van der Waals surface area contributed by atoms with Crippen molar-refractivity contribution in [2.24, 2.45) is 11.8 Å². The van der Waals surface area contributed by atoms with E-state index in [1.807, 2.05) is 18.7 Å². The Bertz CT molecular complexity index is 2610. The van der Waals surface area contributed by atoms with Gasteiger partial charge in [-0.2, -0.15) is 11.8 Å². The molecule has 83 heavy (non-hydrogen) atoms. The fourth-order valence-corrected chi connectivity index (χ4v) is 11.7. The van der Waals surface area contributed by atoms with Crippen molar-refractivity contribution in [3.05, 3.63) is 71.3 Å². The molecule has 2 aromatic rings. The maximum absolute atomic E-state index is 14.3. The topological polar surface area (TPSA) is 377 Å². The number of benzene rings is 2. The molecule has 0 spiro atoms. The number of Topliss-reactive ketones (excluding diaryl/α,β-unsaturated/α-hetero) is 1. The molecule has 2 aliphatic rings. The molecule has 11 atom stereocenters. The van der Waals surface area contributed by atoms with Gasteiger partial charge in [0.15, 0.2) is 5.78 Å². The number of aliphatic hydroxyl groups is 2. The number of ketones is 2. The number of rotatable bonds is 36. The van der Waals surface area contributed by atoms with Gasteiger partial charge < -0.3 is 63.0 Å². The molecule has 0 aromatic heterocycles. The minimum atomic E-state index is -1.79. The summed E-state index contributed by atoms with van der Waals surface area (Å²) in [5.41, 5.74) is 0.416. The largest absolute Gasteiger partial charge is 0.481 e. The molecule has 458 valence electrons. The summed E-state index contributed by atoms with van der Waals surface area (Å²) in [5, 5.41) is 65.1. The monoisotopic (exact) mass is 1180 g/mol. The molecule has 2 fully saturated rings. The summed E-state index contributed by atoms with van der Waals surface area (Å²) >= 11 is 1.82. The fraction of sp³-hybridized carbons (Fsp3) is 0.603. The quantitative estimate of drug-likeness (QED) is 0.0262. The summed E-state index contributed by atoms with van der Waals surface area (Å²) in [5.74, 6) is -8.37. The minimum absolute atomic E-state index is 0.00640. The number of amides is 8. The van der Waals surface area contributed by atoms with E-state index in [4.69, 9.17) is 0 Å². The van der Waals surface area contributed by atoms with Gasteiger partial charge in [-0.3, -0.25) is 48.5 Å². The molecule has 2 aromatic carbocycles. The highest BCUT2D eigenvalue weighted by molar-refractivity contribution is 8.00. The first-order valence-electron chi connectivity index (χ1n) is 28.3. The third kappa shape index (κ3) is 20.7. The maximum atomic E-state index is 14.3. The predicted molar refractivity (Wildman–Crippen MR) is 309 cm³/mol. The molecule has 0 radical (unpaired) electrons. The summed E-state index contributed by atoms with van der Waals surface area (Å²) in [4.78, 5) is 144. The Hall–Kier alpha value is -6.96. The number of carbonyl (C=O) groups excluding carboxylic acids is 9. The molecule has 2 heterocycles. The highest BCUT2D eigenvalue weighted by Crippen LogP contribution is 2.47. The molecule has 25 heteroatoms. The van der Waals surface area contributed by atoms with Crippen molar-refractivity contribution >= 4 is 76.7 Å².